The summed E-state index contributed by atoms with van der Waals surface area (Å²) in [5.41, 5.74) is 4.64. The summed E-state index contributed by atoms with van der Waals surface area (Å²) in [6.07, 6.45) is 2.10. The Morgan fingerprint density at radius 1 is 1.13 bits per heavy atom. The maximum absolute atomic E-state index is 5.39. The van der Waals surface area contributed by atoms with Crippen LogP contribution in [0.1, 0.15) is 16.7 Å². The van der Waals surface area contributed by atoms with E-state index in [1.54, 1.807) is 7.05 Å². The highest BCUT2D eigenvalue weighted by atomic mass is 15.2. The summed E-state index contributed by atoms with van der Waals surface area (Å²) in [5, 5.41) is 12.5. The number of hydrogen-bond acceptors (Lipinski definition) is 3. The smallest absolute Gasteiger partial charge is 0.200 e. The number of hydrazone groups is 1. The molecule has 0 unspecified atom stereocenters. The summed E-state index contributed by atoms with van der Waals surface area (Å²) in [6.45, 7) is 2.99. The number of aromatic nitrogens is 1. The lowest BCUT2D eigenvalue weighted by molar-refractivity contribution is 0.830. The van der Waals surface area contributed by atoms with Gasteiger partial charge in [0.05, 0.1) is 0 Å². The summed E-state index contributed by atoms with van der Waals surface area (Å²) in [5.74, 6) is 5.82. The normalized spacial score (nSPS) is 12.3. The molecule has 0 amide bonds. The van der Waals surface area contributed by atoms with Crippen molar-refractivity contribution in [2.24, 2.45) is 21.2 Å². The number of benzene rings is 2. The fourth-order valence-electron chi connectivity index (χ4n) is 2.70. The van der Waals surface area contributed by atoms with Gasteiger partial charge in [-0.25, -0.2) is 0 Å². The number of fused-ring (bicyclic) bond motifs is 1. The van der Waals surface area contributed by atoms with Crippen LogP contribution in [0.5, 0.6) is 0 Å². The van der Waals surface area contributed by atoms with Gasteiger partial charge >= 0.3 is 0 Å². The minimum absolute atomic E-state index is 0.432. The van der Waals surface area contributed by atoms with Gasteiger partial charge in [0.25, 0.3) is 0 Å². The molecule has 2 aromatic carbocycles. The molecule has 0 bridgehead atoms. The van der Waals surface area contributed by atoms with E-state index in [1.807, 2.05) is 12.1 Å². The molecule has 116 valence electrons. The first-order valence-electron chi connectivity index (χ1n) is 7.44. The summed E-state index contributed by atoms with van der Waals surface area (Å²) >= 11 is 0. The van der Waals surface area contributed by atoms with Gasteiger partial charge < -0.3 is 10.4 Å². The van der Waals surface area contributed by atoms with Crippen LogP contribution in [-0.2, 0) is 6.54 Å². The molecule has 5 nitrogen and oxygen atoms in total. The highest BCUT2D eigenvalue weighted by molar-refractivity contribution is 6.01. The molecule has 0 atom stereocenters. The molecule has 0 fully saturated rings. The van der Waals surface area contributed by atoms with Gasteiger partial charge in [0.1, 0.15) is 0 Å². The number of rotatable bonds is 3. The van der Waals surface area contributed by atoms with Crippen molar-refractivity contribution in [1.82, 2.24) is 4.57 Å². The van der Waals surface area contributed by atoms with Crippen LogP contribution >= 0.6 is 0 Å². The van der Waals surface area contributed by atoms with Crippen molar-refractivity contribution in [3.8, 4) is 0 Å². The summed E-state index contributed by atoms with van der Waals surface area (Å²) in [7, 11) is 1.60. The first kappa shape index (κ1) is 15.0. The van der Waals surface area contributed by atoms with Crippen LogP contribution in [0.15, 0.2) is 70.1 Å². The quantitative estimate of drug-likeness (QED) is 0.259. The number of amidine groups is 1. The number of hydrogen-bond donors (Lipinski definition) is 1. The maximum Gasteiger partial charge on any atom is 0.200 e. The molecule has 2 N–H and O–H groups in total. The zero-order valence-corrected chi connectivity index (χ0v) is 13.3. The molecule has 3 rings (SSSR count). The van der Waals surface area contributed by atoms with Crippen molar-refractivity contribution in [1.29, 1.82) is 0 Å². The molecule has 0 aliphatic carbocycles. The highest BCUT2D eigenvalue weighted by Gasteiger charge is 2.07. The van der Waals surface area contributed by atoms with Crippen LogP contribution in [0.3, 0.4) is 0 Å². The van der Waals surface area contributed by atoms with Gasteiger partial charge in [-0.15, -0.1) is 5.11 Å². The second-order valence-corrected chi connectivity index (χ2v) is 5.40. The van der Waals surface area contributed by atoms with Gasteiger partial charge in [0.2, 0.25) is 0 Å². The molecule has 0 spiro atoms. The molecule has 0 aliphatic heterocycles. The Kier molecular flexibility index (Phi) is 4.19. The van der Waals surface area contributed by atoms with Crippen LogP contribution in [0, 0.1) is 6.92 Å². The first-order chi connectivity index (χ1) is 11.2. The summed E-state index contributed by atoms with van der Waals surface area (Å²) in [4.78, 5) is 0. The molecular formula is C18H19N5. The lowest BCUT2D eigenvalue weighted by atomic mass is 10.1. The zero-order chi connectivity index (χ0) is 16.2. The Hall–Kier alpha value is -2.95. The molecule has 3 aromatic rings. The van der Waals surface area contributed by atoms with E-state index in [0.717, 1.165) is 17.5 Å². The average molecular weight is 305 g/mol. The van der Waals surface area contributed by atoms with Crippen molar-refractivity contribution in [2.75, 3.05) is 7.05 Å². The fourth-order valence-corrected chi connectivity index (χ4v) is 2.70. The summed E-state index contributed by atoms with van der Waals surface area (Å²) in [6, 6.07) is 16.6. The van der Waals surface area contributed by atoms with Crippen molar-refractivity contribution in [3.05, 3.63) is 71.4 Å². The Labute approximate surface area is 135 Å². The number of nitrogens with two attached hydrogens (primary N) is 1. The monoisotopic (exact) mass is 305 g/mol. The van der Waals surface area contributed by atoms with Gasteiger partial charge in [-0.3, -0.25) is 0 Å². The van der Waals surface area contributed by atoms with E-state index in [2.05, 4.69) is 69.4 Å². The number of aryl methyl sites for hydroxylation is 1. The van der Waals surface area contributed by atoms with Gasteiger partial charge in [0.15, 0.2) is 5.84 Å². The molecule has 0 aliphatic rings. The largest absolute Gasteiger partial charge is 0.343 e. The van der Waals surface area contributed by atoms with E-state index < -0.39 is 0 Å². The predicted molar refractivity (Wildman–Crippen MR) is 93.7 cm³/mol. The van der Waals surface area contributed by atoms with Crippen molar-refractivity contribution in [3.63, 3.8) is 0 Å². The van der Waals surface area contributed by atoms with Crippen LogP contribution in [0.2, 0.25) is 0 Å². The van der Waals surface area contributed by atoms with Crippen molar-refractivity contribution >= 4 is 16.7 Å². The Bertz CT molecular complexity index is 889. The van der Waals surface area contributed by atoms with Gasteiger partial charge in [0, 0.05) is 36.3 Å². The second-order valence-electron chi connectivity index (χ2n) is 5.40. The van der Waals surface area contributed by atoms with E-state index >= 15 is 0 Å². The third-order valence-corrected chi connectivity index (χ3v) is 3.95. The lowest BCUT2D eigenvalue weighted by Crippen LogP contribution is -2.02. The Morgan fingerprint density at radius 3 is 2.70 bits per heavy atom. The highest BCUT2D eigenvalue weighted by Crippen LogP contribution is 2.20. The molecule has 5 heteroatoms. The molecule has 1 aromatic heterocycles. The minimum Gasteiger partial charge on any atom is -0.343 e. The standard InChI is InChI=1S/C18H19N5/c1-13-5-3-4-6-16(13)12-23-10-9-14-11-15(7-8-17(14)23)18(21-19)22-20-2/h3-11H,12,19H2,1-2H3/b21-18-,22-20-. The van der Waals surface area contributed by atoms with E-state index in [-0.39, 0.29) is 0 Å². The molecule has 23 heavy (non-hydrogen) atoms. The Morgan fingerprint density at radius 2 is 1.96 bits per heavy atom. The van der Waals surface area contributed by atoms with Crippen LogP contribution in [0.4, 0.5) is 0 Å². The van der Waals surface area contributed by atoms with Crippen LogP contribution < -0.4 is 5.84 Å². The minimum atomic E-state index is 0.432. The van der Waals surface area contributed by atoms with Gasteiger partial charge in [-0.1, -0.05) is 24.3 Å². The first-order valence-corrected chi connectivity index (χ1v) is 7.44. The second kappa shape index (κ2) is 6.44. The molecule has 0 saturated carbocycles. The lowest BCUT2D eigenvalue weighted by Gasteiger charge is -2.09. The van der Waals surface area contributed by atoms with Crippen LogP contribution in [0.25, 0.3) is 10.9 Å². The average Bonchev–Trinajstić information content (AvgIpc) is 2.97. The molecule has 0 saturated heterocycles. The topological polar surface area (TPSA) is 68.0 Å². The molecular weight excluding hydrogens is 286 g/mol. The molecule has 0 radical (unpaired) electrons. The third-order valence-electron chi connectivity index (χ3n) is 3.95. The van der Waals surface area contributed by atoms with Gasteiger partial charge in [-0.05, 0) is 42.3 Å². The van der Waals surface area contributed by atoms with Gasteiger partial charge in [-0.2, -0.15) is 10.2 Å². The van der Waals surface area contributed by atoms with Crippen LogP contribution in [-0.4, -0.2) is 17.5 Å². The fraction of sp³-hybridized carbons (Fsp3) is 0.167. The number of azo groups is 1. The zero-order valence-electron chi connectivity index (χ0n) is 13.3. The van der Waals surface area contributed by atoms with Crippen molar-refractivity contribution < 1.29 is 0 Å². The predicted octanol–water partition coefficient (Wildman–Crippen LogP) is 3.70. The molecule has 1 heterocycles. The summed E-state index contributed by atoms with van der Waals surface area (Å²) < 4.78 is 2.24. The van der Waals surface area contributed by atoms with E-state index in [0.29, 0.717) is 5.84 Å². The SMILES string of the molecule is C/N=N\C(=N/N)c1ccc2c(ccn2Cc2ccccc2C)c1. The van der Waals surface area contributed by atoms with E-state index in [9.17, 15) is 0 Å². The maximum atomic E-state index is 5.39. The van der Waals surface area contributed by atoms with E-state index in [4.69, 9.17) is 5.84 Å². The Balaban J connectivity index is 1.98. The number of nitrogens with zero attached hydrogens (tertiary/aromatic N) is 4. The van der Waals surface area contributed by atoms with E-state index in [1.165, 1.54) is 16.6 Å². The third kappa shape index (κ3) is 2.99. The van der Waals surface area contributed by atoms with Crippen molar-refractivity contribution in [2.45, 2.75) is 13.5 Å².